The number of nitrogens with zero attached hydrogens (tertiary/aromatic N) is 4. The third-order valence-electron chi connectivity index (χ3n) is 4.53. The first-order valence-electron chi connectivity index (χ1n) is 8.97. The number of thioether (sulfide) groups is 1. The lowest BCUT2D eigenvalue weighted by atomic mass is 10.3. The van der Waals surface area contributed by atoms with E-state index < -0.39 is 10.0 Å². The highest BCUT2D eigenvalue weighted by atomic mass is 35.5. The Morgan fingerprint density at radius 2 is 1.97 bits per heavy atom. The van der Waals surface area contributed by atoms with Crippen molar-refractivity contribution in [2.24, 2.45) is 0 Å². The van der Waals surface area contributed by atoms with Gasteiger partial charge in [0.15, 0.2) is 10.8 Å². The summed E-state index contributed by atoms with van der Waals surface area (Å²) in [5.74, 6) is -0.241. The number of carbonyl (C=O) groups is 1. The first-order chi connectivity index (χ1) is 13.9. The minimum atomic E-state index is -3.59. The van der Waals surface area contributed by atoms with E-state index >= 15 is 0 Å². The number of fused-ring (bicyclic) bond motifs is 1. The first kappa shape index (κ1) is 20.1. The van der Waals surface area contributed by atoms with Crippen molar-refractivity contribution in [2.45, 2.75) is 22.9 Å². The van der Waals surface area contributed by atoms with Gasteiger partial charge in [-0.25, -0.2) is 8.42 Å². The number of hydrogen-bond acceptors (Lipinski definition) is 6. The van der Waals surface area contributed by atoms with Crippen LogP contribution in [0.15, 0.2) is 52.6 Å². The van der Waals surface area contributed by atoms with E-state index in [2.05, 4.69) is 15.5 Å². The fourth-order valence-electron chi connectivity index (χ4n) is 3.07. The number of halogens is 1. The summed E-state index contributed by atoms with van der Waals surface area (Å²) in [6.07, 6.45) is 3.52. The third kappa shape index (κ3) is 4.25. The maximum atomic E-state index is 12.7. The Balaban J connectivity index is 1.46. The average Bonchev–Trinajstić information content (AvgIpc) is 3.38. The lowest BCUT2D eigenvalue weighted by Crippen LogP contribution is -2.28. The monoisotopic (exact) mass is 451 g/mol. The highest BCUT2D eigenvalue weighted by molar-refractivity contribution is 7.99. The van der Waals surface area contributed by atoms with Gasteiger partial charge in [0.05, 0.1) is 21.4 Å². The minimum absolute atomic E-state index is 0.0785. The van der Waals surface area contributed by atoms with Crippen molar-refractivity contribution >= 4 is 50.6 Å². The van der Waals surface area contributed by atoms with E-state index in [1.807, 2.05) is 24.4 Å². The Morgan fingerprint density at radius 1 is 1.17 bits per heavy atom. The molecule has 1 aliphatic rings. The van der Waals surface area contributed by atoms with Gasteiger partial charge in [-0.3, -0.25) is 9.20 Å². The van der Waals surface area contributed by atoms with Gasteiger partial charge in [-0.2, -0.15) is 4.31 Å². The molecule has 8 nitrogen and oxygen atoms in total. The summed E-state index contributed by atoms with van der Waals surface area (Å²) in [5, 5.41) is 11.7. The molecule has 0 atom stereocenters. The van der Waals surface area contributed by atoms with Gasteiger partial charge < -0.3 is 5.32 Å². The molecule has 1 aromatic carbocycles. The molecule has 29 heavy (non-hydrogen) atoms. The number of carbonyl (C=O) groups excluding carboxylic acids is 1. The summed E-state index contributed by atoms with van der Waals surface area (Å²) in [6.45, 7) is 1.02. The topological polar surface area (TPSA) is 96.7 Å². The van der Waals surface area contributed by atoms with Gasteiger partial charge in [0.25, 0.3) is 0 Å². The lowest BCUT2D eigenvalue weighted by molar-refractivity contribution is -0.113. The van der Waals surface area contributed by atoms with E-state index in [9.17, 15) is 13.2 Å². The molecule has 3 heterocycles. The van der Waals surface area contributed by atoms with Crippen molar-refractivity contribution in [3.8, 4) is 0 Å². The lowest BCUT2D eigenvalue weighted by Gasteiger charge is -2.16. The summed E-state index contributed by atoms with van der Waals surface area (Å²) in [6, 6.07) is 9.89. The predicted octanol–water partition coefficient (Wildman–Crippen LogP) is 2.90. The van der Waals surface area contributed by atoms with Crippen LogP contribution in [-0.4, -0.2) is 52.1 Å². The van der Waals surface area contributed by atoms with Crippen LogP contribution in [0.5, 0.6) is 0 Å². The number of pyridine rings is 1. The number of sulfonamides is 1. The fraction of sp³-hybridized carbons (Fsp3) is 0.278. The Kier molecular flexibility index (Phi) is 5.77. The van der Waals surface area contributed by atoms with Gasteiger partial charge in [-0.05, 0) is 43.2 Å². The summed E-state index contributed by atoms with van der Waals surface area (Å²) >= 11 is 7.40. The van der Waals surface area contributed by atoms with Crippen LogP contribution >= 0.6 is 23.4 Å². The van der Waals surface area contributed by atoms with Crippen molar-refractivity contribution in [3.05, 3.63) is 47.6 Å². The Morgan fingerprint density at radius 3 is 2.76 bits per heavy atom. The van der Waals surface area contributed by atoms with Crippen LogP contribution in [0.4, 0.5) is 5.69 Å². The number of rotatable bonds is 6. The molecule has 1 amide bonds. The molecule has 2 aromatic heterocycles. The van der Waals surface area contributed by atoms with E-state index in [4.69, 9.17) is 11.6 Å². The minimum Gasteiger partial charge on any atom is -0.324 e. The Hall–Kier alpha value is -2.14. The molecule has 0 spiro atoms. The van der Waals surface area contributed by atoms with Gasteiger partial charge >= 0.3 is 0 Å². The van der Waals surface area contributed by atoms with Crippen LogP contribution in [0.3, 0.4) is 0 Å². The molecule has 0 unspecified atom stereocenters. The highest BCUT2D eigenvalue weighted by Crippen LogP contribution is 2.29. The molecule has 3 aromatic rings. The first-order valence-corrected chi connectivity index (χ1v) is 11.8. The van der Waals surface area contributed by atoms with Crippen LogP contribution in [0.25, 0.3) is 5.65 Å². The smallest absolute Gasteiger partial charge is 0.243 e. The second-order valence-corrected chi connectivity index (χ2v) is 9.79. The molecular weight excluding hydrogens is 434 g/mol. The standard InChI is InChI=1S/C18H18ClN5O3S2/c19-14-7-6-13(29(26,27)23-8-3-4-9-23)11-15(14)20-17(25)12-28-18-22-21-16-5-1-2-10-24(16)18/h1-2,5-7,10-11H,3-4,8-9,12H2,(H,20,25). The molecule has 0 bridgehead atoms. The summed E-state index contributed by atoms with van der Waals surface area (Å²) in [5.41, 5.74) is 0.960. The quantitative estimate of drug-likeness (QED) is 0.579. The van der Waals surface area contributed by atoms with E-state index in [1.165, 1.54) is 34.3 Å². The Labute approximate surface area is 177 Å². The third-order valence-corrected chi connectivity index (χ3v) is 7.70. The molecule has 152 valence electrons. The maximum Gasteiger partial charge on any atom is 0.243 e. The van der Waals surface area contributed by atoms with E-state index in [-0.39, 0.29) is 27.3 Å². The molecule has 1 aliphatic heterocycles. The molecule has 1 saturated heterocycles. The summed E-state index contributed by atoms with van der Waals surface area (Å²) < 4.78 is 28.7. The van der Waals surface area contributed by atoms with Crippen molar-refractivity contribution in [3.63, 3.8) is 0 Å². The average molecular weight is 452 g/mol. The second-order valence-electron chi connectivity index (χ2n) is 6.50. The van der Waals surface area contributed by atoms with Crippen molar-refractivity contribution in [1.82, 2.24) is 18.9 Å². The van der Waals surface area contributed by atoms with Crippen LogP contribution in [0.2, 0.25) is 5.02 Å². The second kappa shape index (κ2) is 8.31. The Bertz CT molecular complexity index is 1160. The number of nitrogens with one attached hydrogen (secondary N) is 1. The number of aromatic nitrogens is 3. The molecule has 0 radical (unpaired) electrons. The van der Waals surface area contributed by atoms with Crippen molar-refractivity contribution in [1.29, 1.82) is 0 Å². The zero-order valence-corrected chi connectivity index (χ0v) is 17.7. The van der Waals surface area contributed by atoms with E-state index in [0.717, 1.165) is 12.8 Å². The predicted molar refractivity (Wildman–Crippen MR) is 112 cm³/mol. The molecule has 0 aliphatic carbocycles. The van der Waals surface area contributed by atoms with Gasteiger partial charge in [-0.15, -0.1) is 10.2 Å². The fourth-order valence-corrected chi connectivity index (χ4v) is 5.51. The van der Waals surface area contributed by atoms with Crippen LogP contribution in [0, 0.1) is 0 Å². The summed E-state index contributed by atoms with van der Waals surface area (Å²) in [7, 11) is -3.59. The maximum absolute atomic E-state index is 12.7. The largest absolute Gasteiger partial charge is 0.324 e. The van der Waals surface area contributed by atoms with Gasteiger partial charge in [0.2, 0.25) is 15.9 Å². The molecule has 1 N–H and O–H groups in total. The van der Waals surface area contributed by atoms with Gasteiger partial charge in [0.1, 0.15) is 0 Å². The highest BCUT2D eigenvalue weighted by Gasteiger charge is 2.27. The van der Waals surface area contributed by atoms with E-state index in [1.54, 1.807) is 4.40 Å². The van der Waals surface area contributed by atoms with Crippen molar-refractivity contribution in [2.75, 3.05) is 24.2 Å². The van der Waals surface area contributed by atoms with Crippen molar-refractivity contribution < 1.29 is 13.2 Å². The van der Waals surface area contributed by atoms with Crippen LogP contribution < -0.4 is 5.32 Å². The number of anilines is 1. The van der Waals surface area contributed by atoms with Gasteiger partial charge in [-0.1, -0.05) is 29.4 Å². The number of benzene rings is 1. The van der Waals surface area contributed by atoms with Gasteiger partial charge in [0, 0.05) is 19.3 Å². The SMILES string of the molecule is O=C(CSc1nnc2ccccn12)Nc1cc(S(=O)(=O)N2CCCC2)ccc1Cl. The molecule has 1 fully saturated rings. The molecule has 11 heteroatoms. The number of hydrogen-bond donors (Lipinski definition) is 1. The number of amides is 1. The molecule has 4 rings (SSSR count). The molecular formula is C18H18ClN5O3S2. The zero-order chi connectivity index (χ0) is 20.4. The zero-order valence-electron chi connectivity index (χ0n) is 15.3. The molecule has 0 saturated carbocycles. The van der Waals surface area contributed by atoms with Crippen LogP contribution in [0.1, 0.15) is 12.8 Å². The normalized spacial score (nSPS) is 15.1. The summed E-state index contributed by atoms with van der Waals surface area (Å²) in [4.78, 5) is 12.5. The van der Waals surface area contributed by atoms with Crippen LogP contribution in [-0.2, 0) is 14.8 Å². The van der Waals surface area contributed by atoms with E-state index in [0.29, 0.717) is 23.9 Å².